The summed E-state index contributed by atoms with van der Waals surface area (Å²) in [5.41, 5.74) is 2.62. The van der Waals surface area contributed by atoms with Crippen molar-refractivity contribution in [3.8, 4) is 0 Å². The predicted octanol–water partition coefficient (Wildman–Crippen LogP) is 3.28. The molecule has 2 rings (SSSR count). The van der Waals surface area contributed by atoms with Crippen LogP contribution in [0.5, 0.6) is 0 Å². The Labute approximate surface area is 149 Å². The third kappa shape index (κ3) is 5.83. The molecule has 0 bridgehead atoms. The number of methoxy groups -OCH3 is 1. The minimum Gasteiger partial charge on any atom is -0.385 e. The number of hydrogen-bond donors (Lipinski definition) is 2. The number of ether oxygens (including phenoxy) is 1. The van der Waals surface area contributed by atoms with Gasteiger partial charge in [-0.25, -0.2) is 0 Å². The molecule has 0 atom stereocenters. The van der Waals surface area contributed by atoms with Crippen molar-refractivity contribution in [1.29, 1.82) is 0 Å². The number of nitrogens with zero attached hydrogens (tertiary/aromatic N) is 2. The number of benzene rings is 1. The van der Waals surface area contributed by atoms with E-state index in [1.165, 1.54) is 5.56 Å². The first-order valence-electron chi connectivity index (χ1n) is 8.38. The van der Waals surface area contributed by atoms with Crippen molar-refractivity contribution in [2.45, 2.75) is 32.6 Å². The van der Waals surface area contributed by atoms with Crippen LogP contribution in [0.4, 0.5) is 11.5 Å². The van der Waals surface area contributed by atoms with Crippen molar-refractivity contribution in [2.75, 3.05) is 25.6 Å². The fraction of sp³-hybridized carbons (Fsp3) is 0.421. The Morgan fingerprint density at radius 3 is 2.36 bits per heavy atom. The number of aromatic nitrogens is 2. The van der Waals surface area contributed by atoms with Crippen LogP contribution < -0.4 is 10.6 Å². The number of carbonyl (C=O) groups is 1. The highest BCUT2D eigenvalue weighted by Gasteiger charge is 2.13. The van der Waals surface area contributed by atoms with Gasteiger partial charge >= 0.3 is 0 Å². The van der Waals surface area contributed by atoms with Crippen LogP contribution >= 0.6 is 0 Å². The zero-order valence-corrected chi connectivity index (χ0v) is 15.3. The van der Waals surface area contributed by atoms with Gasteiger partial charge < -0.3 is 15.4 Å². The van der Waals surface area contributed by atoms with Crippen molar-refractivity contribution >= 4 is 17.4 Å². The summed E-state index contributed by atoms with van der Waals surface area (Å²) in [7, 11) is 1.63. The second kappa shape index (κ2) is 8.58. The van der Waals surface area contributed by atoms with Crippen LogP contribution in [-0.2, 0) is 10.2 Å². The lowest BCUT2D eigenvalue weighted by atomic mass is 9.87. The summed E-state index contributed by atoms with van der Waals surface area (Å²) in [4.78, 5) is 11.9. The normalized spacial score (nSPS) is 11.2. The van der Waals surface area contributed by atoms with E-state index in [2.05, 4.69) is 53.7 Å². The molecule has 1 heterocycles. The Kier molecular flexibility index (Phi) is 6.47. The van der Waals surface area contributed by atoms with Gasteiger partial charge in [-0.2, -0.15) is 0 Å². The van der Waals surface area contributed by atoms with Crippen molar-refractivity contribution in [3.05, 3.63) is 47.7 Å². The molecule has 2 aromatic rings. The van der Waals surface area contributed by atoms with E-state index in [1.807, 2.05) is 12.1 Å². The van der Waals surface area contributed by atoms with Gasteiger partial charge in [-0.3, -0.25) is 4.79 Å². The monoisotopic (exact) mass is 342 g/mol. The van der Waals surface area contributed by atoms with Crippen LogP contribution in [0, 0.1) is 0 Å². The Hall–Kier alpha value is -2.47. The van der Waals surface area contributed by atoms with E-state index >= 15 is 0 Å². The van der Waals surface area contributed by atoms with Crippen molar-refractivity contribution in [1.82, 2.24) is 15.5 Å². The highest BCUT2D eigenvalue weighted by Crippen LogP contribution is 2.24. The highest BCUT2D eigenvalue weighted by molar-refractivity contribution is 5.92. The molecule has 0 aliphatic carbocycles. The molecule has 0 aliphatic heterocycles. The lowest BCUT2D eigenvalue weighted by Crippen LogP contribution is -2.26. The summed E-state index contributed by atoms with van der Waals surface area (Å²) in [6.45, 7) is 7.71. The quantitative estimate of drug-likeness (QED) is 0.755. The predicted molar refractivity (Wildman–Crippen MR) is 99.3 cm³/mol. The lowest BCUT2D eigenvalue weighted by Gasteiger charge is -2.19. The number of anilines is 2. The molecule has 134 valence electrons. The fourth-order valence-corrected chi connectivity index (χ4v) is 2.23. The van der Waals surface area contributed by atoms with Gasteiger partial charge in [0.2, 0.25) is 0 Å². The van der Waals surface area contributed by atoms with Crippen LogP contribution in [0.2, 0.25) is 0 Å². The number of carbonyl (C=O) groups excluding carboxylic acids is 1. The highest BCUT2D eigenvalue weighted by atomic mass is 16.5. The molecule has 6 heteroatoms. The third-order valence-corrected chi connectivity index (χ3v) is 3.73. The number of hydrogen-bond acceptors (Lipinski definition) is 5. The van der Waals surface area contributed by atoms with Crippen LogP contribution in [0.3, 0.4) is 0 Å². The van der Waals surface area contributed by atoms with Gasteiger partial charge in [-0.05, 0) is 41.7 Å². The molecular weight excluding hydrogens is 316 g/mol. The molecule has 0 saturated heterocycles. The third-order valence-electron chi connectivity index (χ3n) is 3.73. The van der Waals surface area contributed by atoms with Crippen LogP contribution in [0.15, 0.2) is 36.4 Å². The van der Waals surface area contributed by atoms with Gasteiger partial charge in [0.15, 0.2) is 11.5 Å². The first kappa shape index (κ1) is 18.9. The van der Waals surface area contributed by atoms with Gasteiger partial charge in [-0.15, -0.1) is 10.2 Å². The maximum atomic E-state index is 11.9. The fourth-order valence-electron chi connectivity index (χ4n) is 2.23. The maximum Gasteiger partial charge on any atom is 0.271 e. The van der Waals surface area contributed by atoms with Gasteiger partial charge in [0.25, 0.3) is 5.91 Å². The molecule has 1 aromatic carbocycles. The molecule has 0 saturated carbocycles. The zero-order chi connectivity index (χ0) is 18.3. The van der Waals surface area contributed by atoms with E-state index in [4.69, 9.17) is 4.74 Å². The molecule has 1 aromatic heterocycles. The molecule has 6 nitrogen and oxygen atoms in total. The largest absolute Gasteiger partial charge is 0.385 e. The summed E-state index contributed by atoms with van der Waals surface area (Å²) in [6.07, 6.45) is 0.764. The SMILES string of the molecule is COCCCNC(=O)c1ccc(Nc2ccc(C(C)(C)C)cc2)nn1. The second-order valence-corrected chi connectivity index (χ2v) is 6.86. The van der Waals surface area contributed by atoms with Gasteiger partial charge in [0.1, 0.15) is 0 Å². The molecule has 1 amide bonds. The van der Waals surface area contributed by atoms with E-state index in [0.717, 1.165) is 12.1 Å². The van der Waals surface area contributed by atoms with Gasteiger partial charge in [0, 0.05) is 25.9 Å². The van der Waals surface area contributed by atoms with Gasteiger partial charge in [-0.1, -0.05) is 32.9 Å². The zero-order valence-electron chi connectivity index (χ0n) is 15.3. The summed E-state index contributed by atoms with van der Waals surface area (Å²) >= 11 is 0. The lowest BCUT2D eigenvalue weighted by molar-refractivity contribution is 0.0942. The Morgan fingerprint density at radius 2 is 1.80 bits per heavy atom. The van der Waals surface area contributed by atoms with Gasteiger partial charge in [0.05, 0.1) is 0 Å². The van der Waals surface area contributed by atoms with E-state index in [9.17, 15) is 4.79 Å². The van der Waals surface area contributed by atoms with Crippen LogP contribution in [0.1, 0.15) is 43.2 Å². The summed E-state index contributed by atoms with van der Waals surface area (Å²) < 4.78 is 4.94. The minimum atomic E-state index is -0.232. The maximum absolute atomic E-state index is 11.9. The first-order chi connectivity index (χ1) is 11.9. The average Bonchev–Trinajstić information content (AvgIpc) is 2.59. The van der Waals surface area contributed by atoms with E-state index < -0.39 is 0 Å². The Morgan fingerprint density at radius 1 is 1.08 bits per heavy atom. The second-order valence-electron chi connectivity index (χ2n) is 6.86. The molecule has 0 aliphatic rings. The van der Waals surface area contributed by atoms with E-state index in [-0.39, 0.29) is 11.3 Å². The average molecular weight is 342 g/mol. The molecule has 0 fully saturated rings. The van der Waals surface area contributed by atoms with Crippen LogP contribution in [0.25, 0.3) is 0 Å². The molecule has 0 spiro atoms. The number of amides is 1. The molecule has 0 radical (unpaired) electrons. The number of nitrogens with one attached hydrogen (secondary N) is 2. The molecule has 2 N–H and O–H groups in total. The summed E-state index contributed by atoms with van der Waals surface area (Å²) in [6, 6.07) is 11.6. The summed E-state index contributed by atoms with van der Waals surface area (Å²) in [5, 5.41) is 14.0. The van der Waals surface area contributed by atoms with Crippen LogP contribution in [-0.4, -0.2) is 36.4 Å². The minimum absolute atomic E-state index is 0.122. The standard InChI is InChI=1S/C19H26N4O2/c1-19(2,3)14-6-8-15(9-7-14)21-17-11-10-16(22-23-17)18(24)20-12-5-13-25-4/h6-11H,5,12-13H2,1-4H3,(H,20,24)(H,21,23). The van der Waals surface area contributed by atoms with E-state index in [1.54, 1.807) is 19.2 Å². The first-order valence-corrected chi connectivity index (χ1v) is 8.38. The Balaban J connectivity index is 1.92. The summed E-state index contributed by atoms with van der Waals surface area (Å²) in [5.74, 6) is 0.365. The topological polar surface area (TPSA) is 76.1 Å². The van der Waals surface area contributed by atoms with E-state index in [0.29, 0.717) is 24.7 Å². The van der Waals surface area contributed by atoms with Crippen molar-refractivity contribution < 1.29 is 9.53 Å². The molecule has 0 unspecified atom stereocenters. The Bertz CT molecular complexity index is 676. The number of rotatable bonds is 7. The molecule has 25 heavy (non-hydrogen) atoms. The smallest absolute Gasteiger partial charge is 0.271 e. The van der Waals surface area contributed by atoms with Crippen molar-refractivity contribution in [2.24, 2.45) is 0 Å². The molecular formula is C19H26N4O2. The van der Waals surface area contributed by atoms with Crippen molar-refractivity contribution in [3.63, 3.8) is 0 Å².